The first-order valence-electron chi connectivity index (χ1n) is 9.35. The normalized spacial score (nSPS) is 20.8. The number of rotatable bonds is 5. The molecule has 9 heteroatoms. The Hall–Kier alpha value is -2.39. The lowest BCUT2D eigenvalue weighted by atomic mass is 10.1. The number of anilines is 1. The molecule has 1 N–H and O–H groups in total. The number of hydrogen-bond acceptors (Lipinski definition) is 6. The standard InChI is InChI=1S/C19H25N5O3S/c1-5-22(6-2)11-12-23-16-10-8-7-9-15(16)19(17(23)27)24(14(4)26)21-18(28-19)20-13(3)25/h7-10H,5-6,11-12H2,1-4H3,(H,20,21,25)/t19-/m1/s1. The molecule has 3 rings (SSSR count). The molecule has 0 aromatic heterocycles. The lowest BCUT2D eigenvalue weighted by Gasteiger charge is -2.30. The number of para-hydroxylation sites is 1. The van der Waals surface area contributed by atoms with Crippen molar-refractivity contribution in [3.8, 4) is 0 Å². The van der Waals surface area contributed by atoms with E-state index in [9.17, 15) is 14.4 Å². The van der Waals surface area contributed by atoms with E-state index in [0.29, 0.717) is 12.1 Å². The molecule has 3 amide bonds. The molecule has 2 aliphatic heterocycles. The second kappa shape index (κ2) is 7.92. The zero-order valence-corrected chi connectivity index (χ0v) is 17.4. The average molecular weight is 404 g/mol. The summed E-state index contributed by atoms with van der Waals surface area (Å²) in [6.45, 7) is 9.95. The van der Waals surface area contributed by atoms with E-state index in [0.717, 1.165) is 37.1 Å². The quantitative estimate of drug-likeness (QED) is 0.806. The summed E-state index contributed by atoms with van der Waals surface area (Å²) in [5.74, 6) is -0.879. The molecule has 0 saturated heterocycles. The van der Waals surface area contributed by atoms with Gasteiger partial charge in [-0.15, -0.1) is 5.10 Å². The lowest BCUT2D eigenvalue weighted by Crippen LogP contribution is -2.49. The molecule has 0 radical (unpaired) electrons. The van der Waals surface area contributed by atoms with Crippen molar-refractivity contribution in [2.75, 3.05) is 31.1 Å². The second-order valence-electron chi connectivity index (χ2n) is 6.66. The van der Waals surface area contributed by atoms with Gasteiger partial charge in [0.25, 0.3) is 5.91 Å². The van der Waals surface area contributed by atoms with Crippen molar-refractivity contribution in [2.45, 2.75) is 32.6 Å². The third kappa shape index (κ3) is 3.29. The maximum Gasteiger partial charge on any atom is 0.270 e. The molecule has 2 heterocycles. The predicted octanol–water partition coefficient (Wildman–Crippen LogP) is 1.53. The van der Waals surface area contributed by atoms with Crippen LogP contribution >= 0.6 is 11.8 Å². The van der Waals surface area contributed by atoms with Crippen LogP contribution in [0.2, 0.25) is 0 Å². The highest BCUT2D eigenvalue weighted by atomic mass is 32.2. The number of nitrogens with zero attached hydrogens (tertiary/aromatic N) is 4. The number of hydrogen-bond donors (Lipinski definition) is 1. The molecule has 150 valence electrons. The number of likely N-dealkylation sites (N-methyl/N-ethyl adjacent to an activating group) is 1. The minimum Gasteiger partial charge on any atom is -0.308 e. The zero-order valence-electron chi connectivity index (χ0n) is 16.6. The first kappa shape index (κ1) is 20.3. The number of fused-ring (bicyclic) bond motifs is 2. The Labute approximate surface area is 168 Å². The van der Waals surface area contributed by atoms with Crippen LogP contribution in [0.5, 0.6) is 0 Å². The van der Waals surface area contributed by atoms with E-state index in [-0.39, 0.29) is 22.9 Å². The maximum atomic E-state index is 13.6. The van der Waals surface area contributed by atoms with E-state index in [2.05, 4.69) is 29.2 Å². The third-order valence-corrected chi connectivity index (χ3v) is 6.18. The fraction of sp³-hybridized carbons (Fsp3) is 0.474. The smallest absolute Gasteiger partial charge is 0.270 e. The molecule has 1 aromatic rings. The van der Waals surface area contributed by atoms with Gasteiger partial charge in [-0.2, -0.15) is 5.01 Å². The molecule has 1 spiro atoms. The number of hydrazone groups is 1. The first-order chi connectivity index (χ1) is 13.3. The van der Waals surface area contributed by atoms with E-state index in [1.54, 1.807) is 4.90 Å². The van der Waals surface area contributed by atoms with Gasteiger partial charge in [0.15, 0.2) is 5.17 Å². The SMILES string of the molecule is CCN(CC)CCN1C(=O)[C@]2(SC(NC(C)=O)=NN2C(C)=O)c2ccccc21. The number of benzene rings is 1. The fourth-order valence-electron chi connectivity index (χ4n) is 3.57. The van der Waals surface area contributed by atoms with Gasteiger partial charge < -0.3 is 15.1 Å². The summed E-state index contributed by atoms with van der Waals surface area (Å²) in [5.41, 5.74) is 1.49. The molecule has 0 fully saturated rings. The maximum absolute atomic E-state index is 13.6. The molecule has 1 aromatic carbocycles. The predicted molar refractivity (Wildman–Crippen MR) is 110 cm³/mol. The van der Waals surface area contributed by atoms with Crippen molar-refractivity contribution in [1.29, 1.82) is 0 Å². The van der Waals surface area contributed by atoms with Crippen molar-refractivity contribution in [1.82, 2.24) is 15.2 Å². The van der Waals surface area contributed by atoms with Crippen LogP contribution in [0.25, 0.3) is 0 Å². The van der Waals surface area contributed by atoms with Crippen LogP contribution in [0, 0.1) is 0 Å². The van der Waals surface area contributed by atoms with E-state index in [1.807, 2.05) is 24.3 Å². The number of carbonyl (C=O) groups is 3. The van der Waals surface area contributed by atoms with Crippen LogP contribution in [0.15, 0.2) is 29.4 Å². The van der Waals surface area contributed by atoms with Crippen molar-refractivity contribution < 1.29 is 14.4 Å². The van der Waals surface area contributed by atoms with Crippen LogP contribution in [0.1, 0.15) is 33.3 Å². The Morgan fingerprint density at radius 3 is 2.50 bits per heavy atom. The third-order valence-electron chi connectivity index (χ3n) is 4.94. The zero-order chi connectivity index (χ0) is 20.5. The van der Waals surface area contributed by atoms with Crippen molar-refractivity contribution in [3.05, 3.63) is 29.8 Å². The van der Waals surface area contributed by atoms with Crippen molar-refractivity contribution in [2.24, 2.45) is 5.10 Å². The van der Waals surface area contributed by atoms with Gasteiger partial charge in [-0.05, 0) is 30.9 Å². The fourth-order valence-corrected chi connectivity index (χ4v) is 4.90. The molecule has 0 unspecified atom stereocenters. The Bertz CT molecular complexity index is 839. The van der Waals surface area contributed by atoms with E-state index < -0.39 is 4.87 Å². The second-order valence-corrected chi connectivity index (χ2v) is 7.85. The molecular weight excluding hydrogens is 378 g/mol. The van der Waals surface area contributed by atoms with Gasteiger partial charge in [0, 0.05) is 32.5 Å². The Morgan fingerprint density at radius 1 is 1.21 bits per heavy atom. The first-order valence-corrected chi connectivity index (χ1v) is 10.2. The summed E-state index contributed by atoms with van der Waals surface area (Å²) < 4.78 is 0. The number of nitrogens with one attached hydrogen (secondary N) is 1. The molecular formula is C19H25N5O3S. The van der Waals surface area contributed by atoms with Gasteiger partial charge >= 0.3 is 0 Å². The van der Waals surface area contributed by atoms with Crippen LogP contribution in [0.3, 0.4) is 0 Å². The minimum atomic E-state index is -1.32. The van der Waals surface area contributed by atoms with Crippen LogP contribution < -0.4 is 10.2 Å². The molecule has 0 bridgehead atoms. The Balaban J connectivity index is 2.00. The van der Waals surface area contributed by atoms with Gasteiger partial charge in [0.2, 0.25) is 16.7 Å². The van der Waals surface area contributed by atoms with Crippen LogP contribution in [-0.2, 0) is 19.3 Å². The largest absolute Gasteiger partial charge is 0.308 e. The van der Waals surface area contributed by atoms with E-state index >= 15 is 0 Å². The Morgan fingerprint density at radius 2 is 1.89 bits per heavy atom. The van der Waals surface area contributed by atoms with E-state index in [1.165, 1.54) is 18.9 Å². The molecule has 0 saturated carbocycles. The monoisotopic (exact) mass is 403 g/mol. The highest BCUT2D eigenvalue weighted by molar-refractivity contribution is 8.15. The molecule has 28 heavy (non-hydrogen) atoms. The topological polar surface area (TPSA) is 85.3 Å². The summed E-state index contributed by atoms with van der Waals surface area (Å²) >= 11 is 1.10. The summed E-state index contributed by atoms with van der Waals surface area (Å²) in [6.07, 6.45) is 0. The van der Waals surface area contributed by atoms with E-state index in [4.69, 9.17) is 0 Å². The lowest BCUT2D eigenvalue weighted by molar-refractivity contribution is -0.139. The molecule has 0 aliphatic carbocycles. The summed E-state index contributed by atoms with van der Waals surface area (Å²) in [6, 6.07) is 7.46. The minimum absolute atomic E-state index is 0.217. The molecule has 8 nitrogen and oxygen atoms in total. The highest BCUT2D eigenvalue weighted by Gasteiger charge is 2.60. The van der Waals surface area contributed by atoms with Gasteiger partial charge in [-0.25, -0.2) is 0 Å². The number of carbonyl (C=O) groups excluding carboxylic acids is 3. The van der Waals surface area contributed by atoms with Crippen molar-refractivity contribution in [3.63, 3.8) is 0 Å². The molecule has 1 atom stereocenters. The number of amidine groups is 1. The summed E-state index contributed by atoms with van der Waals surface area (Å²) in [5, 5.41) is 8.30. The highest BCUT2D eigenvalue weighted by Crippen LogP contribution is 2.54. The van der Waals surface area contributed by atoms with Crippen LogP contribution in [0.4, 0.5) is 5.69 Å². The number of amides is 3. The van der Waals surface area contributed by atoms with Gasteiger partial charge in [-0.3, -0.25) is 14.4 Å². The summed E-state index contributed by atoms with van der Waals surface area (Å²) in [4.78, 5) is 40.2. The van der Waals surface area contributed by atoms with Gasteiger partial charge in [0.05, 0.1) is 5.69 Å². The average Bonchev–Trinajstić information content (AvgIpc) is 3.14. The van der Waals surface area contributed by atoms with Crippen molar-refractivity contribution >= 4 is 40.3 Å². The van der Waals surface area contributed by atoms with Crippen LogP contribution in [-0.4, -0.2) is 59.0 Å². The Kier molecular flexibility index (Phi) is 5.76. The van der Waals surface area contributed by atoms with Gasteiger partial charge in [-0.1, -0.05) is 32.0 Å². The molecule has 2 aliphatic rings. The number of thioether (sulfide) groups is 1. The van der Waals surface area contributed by atoms with Gasteiger partial charge in [0.1, 0.15) is 0 Å². The summed E-state index contributed by atoms with van der Waals surface area (Å²) in [7, 11) is 0.